The van der Waals surface area contributed by atoms with Crippen molar-refractivity contribution >= 4 is 50.6 Å². The molecule has 2 atom stereocenters. The van der Waals surface area contributed by atoms with Crippen molar-refractivity contribution in [1.82, 2.24) is 0 Å². The van der Waals surface area contributed by atoms with Crippen molar-refractivity contribution in [3.8, 4) is 0 Å². The maximum atomic E-state index is 13.8. The molecule has 0 heterocycles. The third-order valence-electron chi connectivity index (χ3n) is 4.19. The van der Waals surface area contributed by atoms with Gasteiger partial charge in [-0.05, 0) is 36.0 Å². The van der Waals surface area contributed by atoms with Crippen LogP contribution in [-0.4, -0.2) is 47.9 Å². The summed E-state index contributed by atoms with van der Waals surface area (Å²) in [4.78, 5) is 19.2. The summed E-state index contributed by atoms with van der Waals surface area (Å²) in [5, 5.41) is 7.05. The first-order chi connectivity index (χ1) is 17.2. The first-order valence-corrected chi connectivity index (χ1v) is 12.5. The van der Waals surface area contributed by atoms with Gasteiger partial charge in [-0.2, -0.15) is 43.9 Å². The van der Waals surface area contributed by atoms with Crippen molar-refractivity contribution in [2.75, 3.05) is 11.1 Å². The summed E-state index contributed by atoms with van der Waals surface area (Å²) in [6.07, 6.45) is -6.83. The molecule has 0 saturated carbocycles. The van der Waals surface area contributed by atoms with Crippen LogP contribution in [0.2, 0.25) is 0 Å². The van der Waals surface area contributed by atoms with Gasteiger partial charge in [0.15, 0.2) is 0 Å². The van der Waals surface area contributed by atoms with Gasteiger partial charge in [0.1, 0.15) is 21.4 Å². The predicted molar refractivity (Wildman–Crippen MR) is 114 cm³/mol. The predicted octanol–water partition coefficient (Wildman–Crippen LogP) is 5.85. The number of alkyl halides is 10. The molecule has 2 aromatic carbocycles. The lowest BCUT2D eigenvalue weighted by atomic mass is 10.3. The van der Waals surface area contributed by atoms with Crippen molar-refractivity contribution < 1.29 is 62.0 Å². The number of thioether (sulfide) groups is 1. The molecule has 0 aliphatic heterocycles. The number of para-hydroxylation sites is 1. The van der Waals surface area contributed by atoms with E-state index in [0.717, 1.165) is 12.1 Å². The van der Waals surface area contributed by atoms with Crippen molar-refractivity contribution in [1.29, 1.82) is 0 Å². The van der Waals surface area contributed by atoms with E-state index in [0.29, 0.717) is 6.07 Å². The number of hydrogen-bond donors (Lipinski definition) is 1. The highest BCUT2D eigenvalue weighted by atomic mass is 32.2. The number of benzene rings is 2. The maximum Gasteiger partial charge on any atom is 0.461 e. The molecule has 20 heteroatoms. The second kappa shape index (κ2) is 11.2. The Labute approximate surface area is 214 Å². The van der Waals surface area contributed by atoms with E-state index < -0.39 is 93.2 Å². The van der Waals surface area contributed by atoms with Crippen LogP contribution in [0.3, 0.4) is 0 Å². The molecule has 1 N–H and O–H groups in total. The molecule has 0 bridgehead atoms. The Balaban J connectivity index is 2.32. The third-order valence-corrected chi connectivity index (χ3v) is 7.76. The van der Waals surface area contributed by atoms with Gasteiger partial charge < -0.3 is 5.32 Å². The van der Waals surface area contributed by atoms with E-state index in [9.17, 15) is 67.2 Å². The van der Waals surface area contributed by atoms with Gasteiger partial charge >= 0.3 is 22.9 Å². The van der Waals surface area contributed by atoms with Gasteiger partial charge in [0, 0.05) is 11.0 Å². The van der Waals surface area contributed by atoms with Crippen molar-refractivity contribution in [2.45, 2.75) is 37.5 Å². The zero-order valence-corrected chi connectivity index (χ0v) is 20.2. The molecule has 38 heavy (non-hydrogen) atoms. The lowest BCUT2D eigenvalue weighted by Gasteiger charge is -2.27. The Morgan fingerprint density at radius 2 is 1.53 bits per heavy atom. The van der Waals surface area contributed by atoms with Crippen LogP contribution in [0.25, 0.3) is 0 Å². The molecule has 210 valence electrons. The zero-order valence-electron chi connectivity index (χ0n) is 17.7. The number of carbonyl (C=O) groups is 1. The topological polar surface area (TPSA) is 106 Å². The lowest BCUT2D eigenvalue weighted by molar-refractivity contribution is -0.388. The molecule has 0 saturated heterocycles. The number of nitro benzene ring substituents is 1. The van der Waals surface area contributed by atoms with Crippen molar-refractivity contribution in [3.63, 3.8) is 0 Å². The minimum Gasteiger partial charge on any atom is -0.324 e. The summed E-state index contributed by atoms with van der Waals surface area (Å²) in [6.45, 7) is 0. The molecule has 0 aliphatic rings. The molecule has 7 nitrogen and oxygen atoms in total. The highest BCUT2D eigenvalue weighted by Crippen LogP contribution is 2.49. The van der Waals surface area contributed by atoms with E-state index >= 15 is 0 Å². The Morgan fingerprint density at radius 3 is 2.05 bits per heavy atom. The molecule has 0 fully saturated rings. The maximum absolute atomic E-state index is 13.8. The van der Waals surface area contributed by atoms with Gasteiger partial charge in [0.2, 0.25) is 5.91 Å². The van der Waals surface area contributed by atoms with E-state index in [1.807, 2.05) is 5.32 Å². The molecule has 0 spiro atoms. The van der Waals surface area contributed by atoms with Gasteiger partial charge in [-0.15, -0.1) is 0 Å². The normalized spacial score (nSPS) is 14.6. The smallest absolute Gasteiger partial charge is 0.324 e. The third kappa shape index (κ3) is 7.01. The molecule has 2 rings (SSSR count). The number of amides is 1. The average Bonchev–Trinajstić information content (AvgIpc) is 2.77. The molecular formula is C18H10F10N2O5S3. The molecule has 0 aromatic heterocycles. The zero-order chi connectivity index (χ0) is 29.3. The van der Waals surface area contributed by atoms with Crippen LogP contribution in [-0.2, 0) is 26.4 Å². The van der Waals surface area contributed by atoms with E-state index in [2.05, 4.69) is 0 Å². The van der Waals surface area contributed by atoms with Crippen LogP contribution in [0.15, 0.2) is 57.2 Å². The Morgan fingerprint density at radius 1 is 0.947 bits per heavy atom. The summed E-state index contributed by atoms with van der Waals surface area (Å²) in [5.74, 6) is -9.16. The SMILES string of the molecule is O=C(CS(=O)c1ccc(S(=O)C(F)(F)C(F)(F)C(F)(F)F)cc1[N+](=O)[O-])Nc1ccccc1SC(F)(F)F. The van der Waals surface area contributed by atoms with Gasteiger partial charge in [0.05, 0.1) is 26.3 Å². The number of halogens is 10. The van der Waals surface area contributed by atoms with Crippen LogP contribution in [0.1, 0.15) is 0 Å². The standard InChI is InChI=1S/C18H10F10N2O5S3/c19-15(20,16(21,22)23)17(24,25)38(35)9-5-6-13(11(7-9)30(32)33)37(34)8-14(31)29-10-3-1-2-4-12(10)36-18(26,27)28/h1-7H,8H2,(H,29,31). The Kier molecular flexibility index (Phi) is 9.25. The fourth-order valence-electron chi connectivity index (χ4n) is 2.54. The van der Waals surface area contributed by atoms with Gasteiger partial charge in [-0.25, -0.2) is 4.21 Å². The number of nitrogens with zero attached hydrogens (tertiary/aromatic N) is 1. The highest BCUT2D eigenvalue weighted by molar-refractivity contribution is 8.00. The Hall–Kier alpha value is -2.74. The first-order valence-electron chi connectivity index (χ1n) is 9.24. The van der Waals surface area contributed by atoms with Crippen LogP contribution >= 0.6 is 11.8 Å². The first kappa shape index (κ1) is 31.5. The van der Waals surface area contributed by atoms with Crippen LogP contribution in [0.4, 0.5) is 55.3 Å². The molecular weight excluding hydrogens is 610 g/mol. The van der Waals surface area contributed by atoms with E-state index in [1.165, 1.54) is 12.1 Å². The van der Waals surface area contributed by atoms with Crippen molar-refractivity contribution in [2.24, 2.45) is 0 Å². The summed E-state index contributed by atoms with van der Waals surface area (Å²) < 4.78 is 153. The second-order valence-electron chi connectivity index (χ2n) is 6.83. The van der Waals surface area contributed by atoms with Gasteiger partial charge in [-0.1, -0.05) is 12.1 Å². The summed E-state index contributed by atoms with van der Waals surface area (Å²) in [7, 11) is -7.20. The van der Waals surface area contributed by atoms with Crippen molar-refractivity contribution in [3.05, 3.63) is 52.6 Å². The van der Waals surface area contributed by atoms with Crippen LogP contribution < -0.4 is 5.32 Å². The lowest BCUT2D eigenvalue weighted by Crippen LogP contribution is -2.54. The summed E-state index contributed by atoms with van der Waals surface area (Å²) >= 11 is -0.593. The number of rotatable bonds is 9. The van der Waals surface area contributed by atoms with E-state index in [-0.39, 0.29) is 17.8 Å². The largest absolute Gasteiger partial charge is 0.461 e. The number of nitrogens with one attached hydrogen (secondary N) is 1. The summed E-state index contributed by atoms with van der Waals surface area (Å²) in [5.41, 5.74) is -6.53. The van der Waals surface area contributed by atoms with Crippen LogP contribution in [0, 0.1) is 10.1 Å². The molecule has 1 amide bonds. The summed E-state index contributed by atoms with van der Waals surface area (Å²) in [6, 6.07) is 5.00. The minimum absolute atomic E-state index is 0.0725. The monoisotopic (exact) mass is 620 g/mol. The number of nitro groups is 1. The highest BCUT2D eigenvalue weighted by Gasteiger charge is 2.76. The fraction of sp³-hybridized carbons (Fsp3) is 0.278. The molecule has 2 aromatic rings. The quantitative estimate of drug-likeness (QED) is 0.163. The number of anilines is 1. The molecule has 0 aliphatic carbocycles. The molecule has 2 unspecified atom stereocenters. The Bertz CT molecular complexity index is 1280. The van der Waals surface area contributed by atoms with Gasteiger partial charge in [-0.3, -0.25) is 19.1 Å². The number of hydrogen-bond acceptors (Lipinski definition) is 6. The fourth-order valence-corrected chi connectivity index (χ4v) is 5.28. The average molecular weight is 620 g/mol. The van der Waals surface area contributed by atoms with Gasteiger partial charge in [0.25, 0.3) is 5.69 Å². The minimum atomic E-state index is -6.83. The van der Waals surface area contributed by atoms with E-state index in [1.54, 1.807) is 0 Å². The van der Waals surface area contributed by atoms with Crippen LogP contribution in [0.5, 0.6) is 0 Å². The van der Waals surface area contributed by atoms with E-state index in [4.69, 9.17) is 0 Å². The number of carbonyl (C=O) groups excluding carboxylic acids is 1. The second-order valence-corrected chi connectivity index (χ2v) is 10.9. The molecule has 0 radical (unpaired) electrons.